The Labute approximate surface area is 126 Å². The molecule has 4 nitrogen and oxygen atoms in total. The van der Waals surface area contributed by atoms with Crippen molar-refractivity contribution in [1.29, 1.82) is 0 Å². The van der Waals surface area contributed by atoms with Crippen LogP contribution in [0.3, 0.4) is 0 Å². The number of hydrogen-bond donors (Lipinski definition) is 1. The lowest BCUT2D eigenvalue weighted by atomic mass is 10.1. The molecule has 1 fully saturated rings. The molecule has 2 atom stereocenters. The van der Waals surface area contributed by atoms with Gasteiger partial charge < -0.3 is 9.84 Å². The predicted molar refractivity (Wildman–Crippen MR) is 79.1 cm³/mol. The average Bonchev–Trinajstić information content (AvgIpc) is 2.95. The number of carboxylic acid groups (broad SMARTS) is 1. The van der Waals surface area contributed by atoms with Crippen LogP contribution in [0.25, 0.3) is 0 Å². The Balaban J connectivity index is 1.53. The van der Waals surface area contributed by atoms with Crippen LogP contribution in [0.1, 0.15) is 18.4 Å². The first-order chi connectivity index (χ1) is 9.60. The summed E-state index contributed by atoms with van der Waals surface area (Å²) in [6.07, 6.45) is 2.41. The van der Waals surface area contributed by atoms with E-state index in [1.807, 2.05) is 12.1 Å². The molecule has 0 aromatic heterocycles. The Morgan fingerprint density at radius 1 is 1.50 bits per heavy atom. The van der Waals surface area contributed by atoms with E-state index in [-0.39, 0.29) is 12.5 Å². The standard InChI is InChI=1S/C15H18BrNO3/c16-12-1-2-14-11(6-12)7-13(20-14)9-17-4-3-10(8-17)5-15(18)19/h1-2,6,10,13H,3-5,7-9H2,(H,18,19). The number of rotatable bonds is 4. The SMILES string of the molecule is O=C(O)CC1CCN(CC2Cc3cc(Br)ccc3O2)C1. The molecule has 5 heteroatoms. The molecular formula is C15H18BrNO3. The first kappa shape index (κ1) is 13.9. The summed E-state index contributed by atoms with van der Waals surface area (Å²) in [6, 6.07) is 6.13. The molecule has 2 aliphatic heterocycles. The molecule has 1 N–H and O–H groups in total. The Hall–Kier alpha value is -1.07. The van der Waals surface area contributed by atoms with Crippen LogP contribution in [0, 0.1) is 5.92 Å². The highest BCUT2D eigenvalue weighted by Gasteiger charge is 2.29. The van der Waals surface area contributed by atoms with Crippen LogP contribution in [0.2, 0.25) is 0 Å². The van der Waals surface area contributed by atoms with E-state index >= 15 is 0 Å². The molecule has 1 aromatic carbocycles. The minimum atomic E-state index is -0.689. The van der Waals surface area contributed by atoms with Crippen LogP contribution in [-0.4, -0.2) is 41.7 Å². The van der Waals surface area contributed by atoms with E-state index in [9.17, 15) is 4.79 Å². The van der Waals surface area contributed by atoms with Crippen LogP contribution in [0.5, 0.6) is 5.75 Å². The van der Waals surface area contributed by atoms with Gasteiger partial charge in [0.2, 0.25) is 0 Å². The topological polar surface area (TPSA) is 49.8 Å². The van der Waals surface area contributed by atoms with Gasteiger partial charge in [-0.05, 0) is 42.6 Å². The lowest BCUT2D eigenvalue weighted by Gasteiger charge is -2.20. The van der Waals surface area contributed by atoms with Crippen molar-refractivity contribution in [1.82, 2.24) is 4.90 Å². The fraction of sp³-hybridized carbons (Fsp3) is 0.533. The van der Waals surface area contributed by atoms with Gasteiger partial charge in [-0.1, -0.05) is 15.9 Å². The smallest absolute Gasteiger partial charge is 0.303 e. The van der Waals surface area contributed by atoms with Crippen molar-refractivity contribution in [3.63, 3.8) is 0 Å². The second-order valence-electron chi connectivity index (χ2n) is 5.71. The zero-order valence-electron chi connectivity index (χ0n) is 11.2. The van der Waals surface area contributed by atoms with E-state index < -0.39 is 5.97 Å². The zero-order chi connectivity index (χ0) is 14.1. The summed E-state index contributed by atoms with van der Waals surface area (Å²) in [5.41, 5.74) is 1.26. The summed E-state index contributed by atoms with van der Waals surface area (Å²) in [7, 11) is 0. The molecule has 2 unspecified atom stereocenters. The molecule has 2 heterocycles. The van der Waals surface area contributed by atoms with Crippen LogP contribution >= 0.6 is 15.9 Å². The molecule has 3 rings (SSSR count). The van der Waals surface area contributed by atoms with Gasteiger partial charge in [0, 0.05) is 30.4 Å². The Kier molecular flexibility index (Phi) is 3.98. The van der Waals surface area contributed by atoms with Crippen LogP contribution < -0.4 is 4.74 Å². The summed E-state index contributed by atoms with van der Waals surface area (Å²) >= 11 is 3.48. The predicted octanol–water partition coefficient (Wildman–Crippen LogP) is 2.55. The minimum absolute atomic E-state index is 0.197. The largest absolute Gasteiger partial charge is 0.488 e. The van der Waals surface area contributed by atoms with Gasteiger partial charge in [0.25, 0.3) is 0 Å². The summed E-state index contributed by atoms with van der Waals surface area (Å²) in [4.78, 5) is 13.1. The highest BCUT2D eigenvalue weighted by molar-refractivity contribution is 9.10. The van der Waals surface area contributed by atoms with E-state index in [4.69, 9.17) is 9.84 Å². The van der Waals surface area contributed by atoms with E-state index in [0.29, 0.717) is 5.92 Å². The number of carboxylic acids is 1. The third-order valence-electron chi connectivity index (χ3n) is 4.06. The second kappa shape index (κ2) is 5.74. The highest BCUT2D eigenvalue weighted by Crippen LogP contribution is 2.32. The Morgan fingerprint density at radius 2 is 2.35 bits per heavy atom. The fourth-order valence-corrected chi connectivity index (χ4v) is 3.58. The van der Waals surface area contributed by atoms with Crippen LogP contribution in [0.4, 0.5) is 0 Å². The highest BCUT2D eigenvalue weighted by atomic mass is 79.9. The number of aliphatic carboxylic acids is 1. The quantitative estimate of drug-likeness (QED) is 0.915. The van der Waals surface area contributed by atoms with Crippen LogP contribution in [0.15, 0.2) is 22.7 Å². The van der Waals surface area contributed by atoms with Gasteiger partial charge in [-0.3, -0.25) is 9.69 Å². The lowest BCUT2D eigenvalue weighted by Crippen LogP contribution is -2.33. The van der Waals surface area contributed by atoms with Crippen LogP contribution in [-0.2, 0) is 11.2 Å². The van der Waals surface area contributed by atoms with Crippen molar-refractivity contribution in [3.05, 3.63) is 28.2 Å². The number of nitrogens with zero attached hydrogens (tertiary/aromatic N) is 1. The summed E-state index contributed by atoms with van der Waals surface area (Å²) in [6.45, 7) is 2.76. The molecule has 108 valence electrons. The molecule has 1 aromatic rings. The van der Waals surface area contributed by atoms with Crippen molar-refractivity contribution >= 4 is 21.9 Å². The number of halogens is 1. The number of benzene rings is 1. The van der Waals surface area contributed by atoms with Gasteiger partial charge in [0.1, 0.15) is 11.9 Å². The first-order valence-corrected chi connectivity index (χ1v) is 7.78. The third-order valence-corrected chi connectivity index (χ3v) is 4.55. The summed E-state index contributed by atoms with van der Waals surface area (Å²) < 4.78 is 7.05. The van der Waals surface area contributed by atoms with E-state index in [0.717, 1.165) is 42.7 Å². The number of hydrogen-bond acceptors (Lipinski definition) is 3. The van der Waals surface area contributed by atoms with Gasteiger partial charge in [-0.15, -0.1) is 0 Å². The number of likely N-dealkylation sites (tertiary alicyclic amines) is 1. The molecule has 2 aliphatic rings. The molecule has 20 heavy (non-hydrogen) atoms. The summed E-state index contributed by atoms with van der Waals surface area (Å²) in [5.74, 6) is 0.594. The number of carbonyl (C=O) groups is 1. The van der Waals surface area contributed by atoms with E-state index in [1.54, 1.807) is 0 Å². The van der Waals surface area contributed by atoms with Gasteiger partial charge >= 0.3 is 5.97 Å². The normalized spacial score (nSPS) is 25.4. The van der Waals surface area contributed by atoms with Crippen molar-refractivity contribution in [3.8, 4) is 5.75 Å². The maximum Gasteiger partial charge on any atom is 0.303 e. The van der Waals surface area contributed by atoms with Gasteiger partial charge in [0.15, 0.2) is 0 Å². The maximum absolute atomic E-state index is 10.7. The third kappa shape index (κ3) is 3.15. The summed E-state index contributed by atoms with van der Waals surface area (Å²) in [5, 5.41) is 8.84. The zero-order valence-corrected chi connectivity index (χ0v) is 12.8. The number of fused-ring (bicyclic) bond motifs is 1. The average molecular weight is 340 g/mol. The minimum Gasteiger partial charge on any atom is -0.488 e. The molecule has 0 amide bonds. The Bertz CT molecular complexity index is 520. The van der Waals surface area contributed by atoms with Crippen molar-refractivity contribution in [2.45, 2.75) is 25.4 Å². The van der Waals surface area contributed by atoms with Gasteiger partial charge in [-0.25, -0.2) is 0 Å². The van der Waals surface area contributed by atoms with E-state index in [2.05, 4.69) is 26.9 Å². The van der Waals surface area contributed by atoms with Crippen molar-refractivity contribution in [2.24, 2.45) is 5.92 Å². The molecule has 1 saturated heterocycles. The van der Waals surface area contributed by atoms with E-state index in [1.165, 1.54) is 5.56 Å². The molecular weight excluding hydrogens is 322 g/mol. The fourth-order valence-electron chi connectivity index (χ4n) is 3.17. The maximum atomic E-state index is 10.7. The molecule has 0 aliphatic carbocycles. The van der Waals surface area contributed by atoms with Gasteiger partial charge in [0.05, 0.1) is 0 Å². The van der Waals surface area contributed by atoms with Crippen molar-refractivity contribution in [2.75, 3.05) is 19.6 Å². The second-order valence-corrected chi connectivity index (χ2v) is 6.62. The van der Waals surface area contributed by atoms with Crippen molar-refractivity contribution < 1.29 is 14.6 Å². The lowest BCUT2D eigenvalue weighted by molar-refractivity contribution is -0.138. The monoisotopic (exact) mass is 339 g/mol. The molecule has 0 bridgehead atoms. The molecule has 0 saturated carbocycles. The Morgan fingerprint density at radius 3 is 3.15 bits per heavy atom. The first-order valence-electron chi connectivity index (χ1n) is 6.99. The van der Waals surface area contributed by atoms with Gasteiger partial charge in [-0.2, -0.15) is 0 Å². The molecule has 0 spiro atoms. The molecule has 0 radical (unpaired) electrons. The number of ether oxygens (including phenoxy) is 1.